The summed E-state index contributed by atoms with van der Waals surface area (Å²) in [4.78, 5) is -0.476. The van der Waals surface area contributed by atoms with Crippen molar-refractivity contribution in [2.75, 3.05) is 11.5 Å². The summed E-state index contributed by atoms with van der Waals surface area (Å²) in [6.07, 6.45) is -4.77. The molecule has 0 atom stereocenters. The Bertz CT molecular complexity index is 494. The Labute approximate surface area is 91.0 Å². The first-order valence-corrected chi connectivity index (χ1v) is 5.93. The van der Waals surface area contributed by atoms with Gasteiger partial charge in [-0.3, -0.25) is 0 Å². The lowest BCUT2D eigenvalue weighted by Gasteiger charge is -2.10. The molecule has 0 saturated carbocycles. The van der Waals surface area contributed by atoms with Gasteiger partial charge in [0.05, 0.1) is 10.6 Å². The van der Waals surface area contributed by atoms with Crippen LogP contribution in [0.1, 0.15) is 5.56 Å². The minimum atomic E-state index is -4.77. The Morgan fingerprint density at radius 1 is 1.31 bits per heavy atom. The topological polar surface area (TPSA) is 60.2 Å². The molecule has 0 aliphatic heterocycles. The fourth-order valence-corrected chi connectivity index (χ4v) is 2.52. The van der Waals surface area contributed by atoms with Crippen molar-refractivity contribution in [3.05, 3.63) is 23.8 Å². The highest BCUT2D eigenvalue weighted by Gasteiger charge is 2.36. The number of hydrogen-bond acceptors (Lipinski definition) is 3. The van der Waals surface area contributed by atoms with E-state index in [1.807, 2.05) is 0 Å². The molecule has 0 aromatic heterocycles. The molecule has 0 spiro atoms. The lowest BCUT2D eigenvalue weighted by Crippen LogP contribution is -2.23. The number of aryl methyl sites for hydroxylation is 1. The highest BCUT2D eigenvalue weighted by atomic mass is 32.2. The Morgan fingerprint density at radius 2 is 1.88 bits per heavy atom. The van der Waals surface area contributed by atoms with Crippen LogP contribution in [0.15, 0.2) is 23.1 Å². The molecule has 1 rings (SSSR count). The number of benzene rings is 1. The van der Waals surface area contributed by atoms with Crippen LogP contribution in [0.25, 0.3) is 0 Å². The normalized spacial score (nSPS) is 12.8. The van der Waals surface area contributed by atoms with Gasteiger partial charge in [0.15, 0.2) is 15.6 Å². The van der Waals surface area contributed by atoms with E-state index in [0.29, 0.717) is 5.56 Å². The SMILES string of the molecule is Cc1ccc(S(=O)(=O)CC(F)(F)F)c(N)c1. The molecule has 3 nitrogen and oxygen atoms in total. The van der Waals surface area contributed by atoms with Crippen LogP contribution in [-0.4, -0.2) is 20.3 Å². The van der Waals surface area contributed by atoms with E-state index in [1.165, 1.54) is 12.1 Å². The maximum atomic E-state index is 12.0. The second-order valence-electron chi connectivity index (χ2n) is 3.42. The van der Waals surface area contributed by atoms with Crippen molar-refractivity contribution < 1.29 is 21.6 Å². The van der Waals surface area contributed by atoms with Crippen molar-refractivity contribution in [3.8, 4) is 0 Å². The number of sulfone groups is 1. The Kier molecular flexibility index (Phi) is 3.18. The van der Waals surface area contributed by atoms with Crippen LogP contribution < -0.4 is 5.73 Å². The number of alkyl halides is 3. The molecular weight excluding hydrogens is 243 g/mol. The van der Waals surface area contributed by atoms with Crippen molar-refractivity contribution in [2.45, 2.75) is 18.0 Å². The first kappa shape index (κ1) is 12.8. The van der Waals surface area contributed by atoms with Gasteiger partial charge in [-0.05, 0) is 24.6 Å². The molecule has 0 bridgehead atoms. The zero-order valence-corrected chi connectivity index (χ0v) is 9.19. The number of nitrogens with two attached hydrogens (primary N) is 1. The van der Waals surface area contributed by atoms with E-state index in [9.17, 15) is 21.6 Å². The Hall–Kier alpha value is -1.24. The van der Waals surface area contributed by atoms with E-state index in [-0.39, 0.29) is 5.69 Å². The fourth-order valence-electron chi connectivity index (χ4n) is 1.24. The molecule has 0 saturated heterocycles. The Morgan fingerprint density at radius 3 is 2.31 bits per heavy atom. The van der Waals surface area contributed by atoms with E-state index < -0.39 is 26.7 Å². The summed E-state index contributed by atoms with van der Waals surface area (Å²) in [6.45, 7) is 1.66. The number of anilines is 1. The van der Waals surface area contributed by atoms with Crippen LogP contribution in [0.4, 0.5) is 18.9 Å². The van der Waals surface area contributed by atoms with E-state index >= 15 is 0 Å². The van der Waals surface area contributed by atoms with Gasteiger partial charge in [0.25, 0.3) is 0 Å². The minimum absolute atomic E-state index is 0.163. The van der Waals surface area contributed by atoms with Crippen LogP contribution in [0.5, 0.6) is 0 Å². The number of halogens is 3. The van der Waals surface area contributed by atoms with Gasteiger partial charge in [0.2, 0.25) is 0 Å². The van der Waals surface area contributed by atoms with Gasteiger partial charge in [-0.15, -0.1) is 0 Å². The van der Waals surface area contributed by atoms with Crippen molar-refractivity contribution >= 4 is 15.5 Å². The third-order valence-corrected chi connectivity index (χ3v) is 3.60. The molecule has 2 N–H and O–H groups in total. The predicted octanol–water partition coefficient (Wildman–Crippen LogP) is 1.91. The largest absolute Gasteiger partial charge is 0.403 e. The quantitative estimate of drug-likeness (QED) is 0.819. The van der Waals surface area contributed by atoms with E-state index in [2.05, 4.69) is 0 Å². The summed E-state index contributed by atoms with van der Waals surface area (Å²) in [5, 5.41) is 0. The van der Waals surface area contributed by atoms with Crippen molar-refractivity contribution in [3.63, 3.8) is 0 Å². The van der Waals surface area contributed by atoms with Crippen LogP contribution in [0, 0.1) is 6.92 Å². The summed E-state index contributed by atoms with van der Waals surface area (Å²) >= 11 is 0. The third-order valence-electron chi connectivity index (χ3n) is 1.85. The molecule has 1 aromatic carbocycles. The number of rotatable bonds is 2. The molecule has 0 aliphatic rings. The third kappa shape index (κ3) is 3.13. The Balaban J connectivity index is 3.18. The highest BCUT2D eigenvalue weighted by molar-refractivity contribution is 7.91. The summed E-state index contributed by atoms with van der Waals surface area (Å²) in [7, 11) is -4.42. The fraction of sp³-hybridized carbons (Fsp3) is 0.333. The highest BCUT2D eigenvalue weighted by Crippen LogP contribution is 2.26. The van der Waals surface area contributed by atoms with Crippen molar-refractivity contribution in [2.24, 2.45) is 0 Å². The second kappa shape index (κ2) is 3.97. The van der Waals surface area contributed by atoms with Gasteiger partial charge in [-0.2, -0.15) is 13.2 Å². The molecule has 16 heavy (non-hydrogen) atoms. The lowest BCUT2D eigenvalue weighted by atomic mass is 10.2. The molecule has 0 radical (unpaired) electrons. The molecule has 1 aromatic rings. The van der Waals surface area contributed by atoms with E-state index in [4.69, 9.17) is 5.73 Å². The average molecular weight is 253 g/mol. The summed E-state index contributed by atoms with van der Waals surface area (Å²) in [6, 6.07) is 3.81. The molecule has 0 amide bonds. The summed E-state index contributed by atoms with van der Waals surface area (Å²) < 4.78 is 58.8. The standard InChI is InChI=1S/C9H10F3NO2S/c1-6-2-3-8(7(13)4-6)16(14,15)5-9(10,11)12/h2-4H,5,13H2,1H3. The maximum Gasteiger partial charge on any atom is 0.403 e. The molecule has 0 aliphatic carbocycles. The predicted molar refractivity (Wildman–Crippen MR) is 53.7 cm³/mol. The summed E-state index contributed by atoms with van der Waals surface area (Å²) in [5.74, 6) is -1.90. The molecular formula is C9H10F3NO2S. The zero-order chi connectivity index (χ0) is 12.6. The molecule has 0 unspecified atom stereocenters. The zero-order valence-electron chi connectivity index (χ0n) is 8.38. The van der Waals surface area contributed by atoms with Crippen LogP contribution >= 0.6 is 0 Å². The van der Waals surface area contributed by atoms with Gasteiger partial charge in [-0.1, -0.05) is 6.07 Å². The molecule has 90 valence electrons. The molecule has 7 heteroatoms. The first-order valence-electron chi connectivity index (χ1n) is 4.27. The maximum absolute atomic E-state index is 12.0. The van der Waals surface area contributed by atoms with Crippen LogP contribution in [0.2, 0.25) is 0 Å². The monoisotopic (exact) mass is 253 g/mol. The van der Waals surface area contributed by atoms with Gasteiger partial charge < -0.3 is 5.73 Å². The lowest BCUT2D eigenvalue weighted by molar-refractivity contribution is -0.106. The average Bonchev–Trinajstić information content (AvgIpc) is 1.97. The van der Waals surface area contributed by atoms with Crippen molar-refractivity contribution in [1.82, 2.24) is 0 Å². The van der Waals surface area contributed by atoms with Gasteiger partial charge in [0, 0.05) is 0 Å². The van der Waals surface area contributed by atoms with Gasteiger partial charge in [0.1, 0.15) is 0 Å². The minimum Gasteiger partial charge on any atom is -0.398 e. The number of nitrogen functional groups attached to an aromatic ring is 1. The number of hydrogen-bond donors (Lipinski definition) is 1. The molecule has 0 heterocycles. The van der Waals surface area contributed by atoms with E-state index in [1.54, 1.807) is 6.92 Å². The van der Waals surface area contributed by atoms with Gasteiger partial charge in [-0.25, -0.2) is 8.42 Å². The van der Waals surface area contributed by atoms with E-state index in [0.717, 1.165) is 6.07 Å². The first-order chi connectivity index (χ1) is 7.12. The van der Waals surface area contributed by atoms with Crippen LogP contribution in [0.3, 0.4) is 0 Å². The van der Waals surface area contributed by atoms with Gasteiger partial charge >= 0.3 is 6.18 Å². The molecule has 0 fully saturated rings. The summed E-state index contributed by atoms with van der Waals surface area (Å²) in [5.41, 5.74) is 5.90. The second-order valence-corrected chi connectivity index (χ2v) is 5.37. The van der Waals surface area contributed by atoms with Crippen LogP contribution in [-0.2, 0) is 9.84 Å². The smallest absolute Gasteiger partial charge is 0.398 e. The van der Waals surface area contributed by atoms with Crippen molar-refractivity contribution in [1.29, 1.82) is 0 Å².